The van der Waals surface area contributed by atoms with Crippen molar-refractivity contribution in [1.82, 2.24) is 9.97 Å². The van der Waals surface area contributed by atoms with Gasteiger partial charge >= 0.3 is 0 Å². The predicted molar refractivity (Wildman–Crippen MR) is 119 cm³/mol. The second kappa shape index (κ2) is 9.11. The number of aromatic nitrogens is 2. The van der Waals surface area contributed by atoms with Crippen LogP contribution in [0, 0.1) is 0 Å². The molecule has 4 rings (SSSR count). The topological polar surface area (TPSA) is 64.6 Å². The fourth-order valence-electron chi connectivity index (χ4n) is 2.89. The second-order valence-corrected chi connectivity index (χ2v) is 7.83. The molecule has 0 atom stereocenters. The predicted octanol–water partition coefficient (Wildman–Crippen LogP) is 4.97. The Hall–Kier alpha value is -3.16. The number of fused-ring (bicyclic) bond motifs is 1. The third-order valence-corrected chi connectivity index (χ3v) is 5.63. The van der Waals surface area contributed by atoms with Crippen LogP contribution in [0.5, 0.6) is 11.5 Å². The van der Waals surface area contributed by atoms with E-state index in [-0.39, 0.29) is 12.5 Å². The van der Waals surface area contributed by atoms with Gasteiger partial charge in [-0.2, -0.15) is 0 Å². The van der Waals surface area contributed by atoms with Crippen LogP contribution in [0.4, 0.5) is 5.13 Å². The number of amides is 1. The maximum absolute atomic E-state index is 13.1. The lowest BCUT2D eigenvalue weighted by Crippen LogP contribution is -2.34. The minimum Gasteiger partial charge on any atom is -0.493 e. The molecular weight excluding hydrogens is 422 g/mol. The van der Waals surface area contributed by atoms with Crippen molar-refractivity contribution in [2.75, 3.05) is 18.6 Å². The minimum absolute atomic E-state index is 0.155. The highest BCUT2D eigenvalue weighted by Gasteiger charge is 2.21. The summed E-state index contributed by atoms with van der Waals surface area (Å²) in [6.07, 6.45) is 3.42. The van der Waals surface area contributed by atoms with Gasteiger partial charge in [-0.05, 0) is 42.0 Å². The maximum Gasteiger partial charge on any atom is 0.267 e. The standard InChI is InChI=1S/C22H18ClN3O3S/c1-28-18-6-2-3-7-19(18)29-14-21(27)26(13-15-5-4-10-24-12-15)22-25-17-9-8-16(23)11-20(17)30-22/h2-12H,13-14H2,1H3. The van der Waals surface area contributed by atoms with Crippen LogP contribution in [0.15, 0.2) is 67.0 Å². The fraction of sp³-hybridized carbons (Fsp3) is 0.136. The van der Waals surface area contributed by atoms with E-state index >= 15 is 0 Å². The summed E-state index contributed by atoms with van der Waals surface area (Å²) in [5.41, 5.74) is 1.68. The highest BCUT2D eigenvalue weighted by atomic mass is 35.5. The van der Waals surface area contributed by atoms with Crippen molar-refractivity contribution in [2.45, 2.75) is 6.54 Å². The zero-order chi connectivity index (χ0) is 20.9. The van der Waals surface area contributed by atoms with Gasteiger partial charge in [0, 0.05) is 17.4 Å². The first-order valence-electron chi connectivity index (χ1n) is 9.15. The Morgan fingerprint density at radius 1 is 1.13 bits per heavy atom. The summed E-state index contributed by atoms with van der Waals surface area (Å²) in [6.45, 7) is 0.173. The molecule has 2 aromatic carbocycles. The molecule has 0 aliphatic rings. The highest BCUT2D eigenvalue weighted by Crippen LogP contribution is 2.32. The van der Waals surface area contributed by atoms with E-state index in [9.17, 15) is 4.79 Å². The van der Waals surface area contributed by atoms with Gasteiger partial charge in [0.2, 0.25) is 0 Å². The molecule has 6 nitrogen and oxygen atoms in total. The number of pyridine rings is 1. The van der Waals surface area contributed by atoms with E-state index < -0.39 is 0 Å². The number of rotatable bonds is 7. The fourth-order valence-corrected chi connectivity index (χ4v) is 4.15. The molecule has 1 amide bonds. The third kappa shape index (κ3) is 4.53. The van der Waals surface area contributed by atoms with Crippen molar-refractivity contribution in [1.29, 1.82) is 0 Å². The zero-order valence-corrected chi connectivity index (χ0v) is 17.7. The van der Waals surface area contributed by atoms with Gasteiger partial charge < -0.3 is 9.47 Å². The van der Waals surface area contributed by atoms with Crippen molar-refractivity contribution >= 4 is 44.2 Å². The molecule has 30 heavy (non-hydrogen) atoms. The quantitative estimate of drug-likeness (QED) is 0.407. The summed E-state index contributed by atoms with van der Waals surface area (Å²) in [5.74, 6) is 0.847. The first-order chi connectivity index (χ1) is 14.6. The van der Waals surface area contributed by atoms with Crippen molar-refractivity contribution in [3.05, 3.63) is 77.6 Å². The van der Waals surface area contributed by atoms with Crippen molar-refractivity contribution < 1.29 is 14.3 Å². The van der Waals surface area contributed by atoms with Crippen molar-refractivity contribution in [3.8, 4) is 11.5 Å². The monoisotopic (exact) mass is 439 g/mol. The van der Waals surface area contributed by atoms with E-state index in [1.807, 2.05) is 36.4 Å². The molecule has 0 bridgehead atoms. The van der Waals surface area contributed by atoms with E-state index in [4.69, 9.17) is 21.1 Å². The second-order valence-electron chi connectivity index (χ2n) is 6.39. The molecule has 4 aromatic rings. The van der Waals surface area contributed by atoms with Crippen LogP contribution in [-0.2, 0) is 11.3 Å². The van der Waals surface area contributed by atoms with Crippen molar-refractivity contribution in [3.63, 3.8) is 0 Å². The Kier molecular flexibility index (Phi) is 6.11. The summed E-state index contributed by atoms with van der Waals surface area (Å²) in [6, 6.07) is 16.4. The van der Waals surface area contributed by atoms with E-state index in [2.05, 4.69) is 9.97 Å². The van der Waals surface area contributed by atoms with Crippen LogP contribution in [0.25, 0.3) is 10.2 Å². The molecule has 0 spiro atoms. The number of thiazole rings is 1. The van der Waals surface area contributed by atoms with E-state index in [0.29, 0.717) is 28.2 Å². The Balaban J connectivity index is 1.61. The van der Waals surface area contributed by atoms with Gasteiger partial charge in [-0.25, -0.2) is 4.98 Å². The van der Waals surface area contributed by atoms with Crippen LogP contribution in [0.1, 0.15) is 5.56 Å². The molecule has 2 heterocycles. The zero-order valence-electron chi connectivity index (χ0n) is 16.1. The lowest BCUT2D eigenvalue weighted by Gasteiger charge is -2.20. The molecule has 0 aliphatic carbocycles. The number of carbonyl (C=O) groups is 1. The van der Waals surface area contributed by atoms with Crippen LogP contribution < -0.4 is 14.4 Å². The highest BCUT2D eigenvalue weighted by molar-refractivity contribution is 7.22. The van der Waals surface area contributed by atoms with E-state index in [1.54, 1.807) is 42.6 Å². The number of para-hydroxylation sites is 2. The normalized spacial score (nSPS) is 10.7. The summed E-state index contributed by atoms with van der Waals surface area (Å²) in [7, 11) is 1.56. The minimum atomic E-state index is -0.227. The molecule has 0 fully saturated rings. The van der Waals surface area contributed by atoms with Crippen LogP contribution in [0.3, 0.4) is 0 Å². The first-order valence-corrected chi connectivity index (χ1v) is 10.3. The molecular formula is C22H18ClN3O3S. The molecule has 0 saturated carbocycles. The first kappa shape index (κ1) is 20.1. The Bertz CT molecular complexity index is 1170. The molecule has 2 aromatic heterocycles. The number of carbonyl (C=O) groups excluding carboxylic acids is 1. The number of hydrogen-bond acceptors (Lipinski definition) is 6. The van der Waals surface area contributed by atoms with Gasteiger partial charge in [0.05, 0.1) is 23.9 Å². The maximum atomic E-state index is 13.1. The molecule has 0 saturated heterocycles. The number of hydrogen-bond donors (Lipinski definition) is 0. The van der Waals surface area contributed by atoms with Gasteiger partial charge in [0.1, 0.15) is 0 Å². The van der Waals surface area contributed by atoms with Crippen molar-refractivity contribution in [2.24, 2.45) is 0 Å². The lowest BCUT2D eigenvalue weighted by atomic mass is 10.2. The van der Waals surface area contributed by atoms with Gasteiger partial charge in [0.15, 0.2) is 23.2 Å². The molecule has 8 heteroatoms. The molecule has 0 N–H and O–H groups in total. The Labute approximate surface area is 182 Å². The smallest absolute Gasteiger partial charge is 0.267 e. The number of nitrogens with zero attached hydrogens (tertiary/aromatic N) is 3. The Morgan fingerprint density at radius 2 is 1.97 bits per heavy atom. The van der Waals surface area contributed by atoms with Crippen LogP contribution in [0.2, 0.25) is 5.02 Å². The average Bonchev–Trinajstić information content (AvgIpc) is 3.19. The Morgan fingerprint density at radius 3 is 2.73 bits per heavy atom. The molecule has 152 valence electrons. The van der Waals surface area contributed by atoms with Gasteiger partial charge in [-0.3, -0.25) is 14.7 Å². The number of anilines is 1. The largest absolute Gasteiger partial charge is 0.493 e. The third-order valence-electron chi connectivity index (χ3n) is 4.35. The molecule has 0 radical (unpaired) electrons. The van der Waals surface area contributed by atoms with Crippen LogP contribution >= 0.6 is 22.9 Å². The SMILES string of the molecule is COc1ccccc1OCC(=O)N(Cc1cccnc1)c1nc2ccc(Cl)cc2s1. The lowest BCUT2D eigenvalue weighted by molar-refractivity contribution is -0.120. The number of benzene rings is 2. The molecule has 0 aliphatic heterocycles. The van der Waals surface area contributed by atoms with Gasteiger partial charge in [-0.1, -0.05) is 41.1 Å². The number of methoxy groups -OCH3 is 1. The molecule has 0 unspecified atom stereocenters. The van der Waals surface area contributed by atoms with Gasteiger partial charge in [0.25, 0.3) is 5.91 Å². The summed E-state index contributed by atoms with van der Waals surface area (Å²) in [4.78, 5) is 23.5. The summed E-state index contributed by atoms with van der Waals surface area (Å²) in [5, 5.41) is 1.20. The number of ether oxygens (including phenoxy) is 2. The average molecular weight is 440 g/mol. The number of halogens is 1. The van der Waals surface area contributed by atoms with E-state index in [0.717, 1.165) is 15.8 Å². The summed E-state index contributed by atoms with van der Waals surface area (Å²) >= 11 is 7.51. The van der Waals surface area contributed by atoms with Crippen LogP contribution in [-0.4, -0.2) is 29.6 Å². The summed E-state index contributed by atoms with van der Waals surface area (Å²) < 4.78 is 11.9. The van der Waals surface area contributed by atoms with Gasteiger partial charge in [-0.15, -0.1) is 0 Å². The van der Waals surface area contributed by atoms with E-state index in [1.165, 1.54) is 11.3 Å².